The van der Waals surface area contributed by atoms with Gasteiger partial charge in [-0.15, -0.1) is 0 Å². The van der Waals surface area contributed by atoms with Gasteiger partial charge in [-0.1, -0.05) is 5.11 Å². The Balaban J connectivity index is 3.36. The highest BCUT2D eigenvalue weighted by Gasteiger charge is 2.00. The lowest BCUT2D eigenvalue weighted by atomic mass is 10.1. The van der Waals surface area contributed by atoms with Gasteiger partial charge in [0.25, 0.3) is 0 Å². The second-order valence-corrected chi connectivity index (χ2v) is 2.69. The summed E-state index contributed by atoms with van der Waals surface area (Å²) in [4.78, 5) is 2.72. The van der Waals surface area contributed by atoms with Crippen molar-refractivity contribution < 1.29 is 0 Å². The van der Waals surface area contributed by atoms with E-state index in [9.17, 15) is 0 Å². The second-order valence-electron chi connectivity index (χ2n) is 2.69. The molecule has 0 amide bonds. The van der Waals surface area contributed by atoms with Crippen LogP contribution in [-0.2, 0) is 0 Å². The quantitative estimate of drug-likeness (QED) is 0.293. The van der Waals surface area contributed by atoms with Gasteiger partial charge < -0.3 is 5.73 Å². The second kappa shape index (κ2) is 3.15. The molecule has 0 spiro atoms. The van der Waals surface area contributed by atoms with Crippen LogP contribution in [0.1, 0.15) is 11.1 Å². The molecule has 0 aromatic heterocycles. The van der Waals surface area contributed by atoms with Crippen molar-refractivity contribution in [2.75, 3.05) is 5.73 Å². The zero-order valence-corrected chi connectivity index (χ0v) is 7.07. The van der Waals surface area contributed by atoms with Gasteiger partial charge in [-0.25, -0.2) is 0 Å². The molecule has 0 atom stereocenters. The average Bonchev–Trinajstić information content (AvgIpc) is 2.00. The molecule has 1 rings (SSSR count). The number of rotatable bonds is 1. The highest BCUT2D eigenvalue weighted by Crippen LogP contribution is 2.25. The van der Waals surface area contributed by atoms with Crippen molar-refractivity contribution in [1.82, 2.24) is 0 Å². The van der Waals surface area contributed by atoms with Crippen LogP contribution in [0.2, 0.25) is 0 Å². The summed E-state index contributed by atoms with van der Waals surface area (Å²) in [5.41, 5.74) is 17.0. The van der Waals surface area contributed by atoms with E-state index >= 15 is 0 Å². The van der Waals surface area contributed by atoms with Crippen molar-refractivity contribution in [3.63, 3.8) is 0 Å². The number of nitrogens with two attached hydrogens (primary N) is 1. The molecule has 4 nitrogen and oxygen atoms in total. The van der Waals surface area contributed by atoms with Crippen molar-refractivity contribution in [1.29, 1.82) is 0 Å². The fourth-order valence-corrected chi connectivity index (χ4v) is 1.02. The minimum absolute atomic E-state index is 0.606. The molecular formula is C8H10N4. The van der Waals surface area contributed by atoms with Crippen molar-refractivity contribution in [2.24, 2.45) is 5.11 Å². The van der Waals surface area contributed by atoms with Crippen LogP contribution in [-0.4, -0.2) is 0 Å². The van der Waals surface area contributed by atoms with Gasteiger partial charge in [0, 0.05) is 16.3 Å². The third-order valence-corrected chi connectivity index (χ3v) is 1.72. The summed E-state index contributed by atoms with van der Waals surface area (Å²) in [6, 6.07) is 3.66. The minimum atomic E-state index is 0.606. The van der Waals surface area contributed by atoms with Gasteiger partial charge in [0.1, 0.15) is 0 Å². The maximum Gasteiger partial charge on any atom is 0.0427 e. The summed E-state index contributed by atoms with van der Waals surface area (Å²) < 4.78 is 0. The smallest absolute Gasteiger partial charge is 0.0427 e. The molecule has 0 bridgehead atoms. The Labute approximate surface area is 70.6 Å². The van der Waals surface area contributed by atoms with E-state index < -0.39 is 0 Å². The van der Waals surface area contributed by atoms with Crippen LogP contribution in [0.4, 0.5) is 11.4 Å². The normalized spacial score (nSPS) is 9.17. The van der Waals surface area contributed by atoms with Gasteiger partial charge >= 0.3 is 0 Å². The van der Waals surface area contributed by atoms with Crippen LogP contribution >= 0.6 is 0 Å². The number of benzene rings is 1. The summed E-state index contributed by atoms with van der Waals surface area (Å²) in [5, 5.41) is 3.53. The summed E-state index contributed by atoms with van der Waals surface area (Å²) in [7, 11) is 0. The molecular weight excluding hydrogens is 152 g/mol. The molecule has 0 fully saturated rings. The standard InChI is InChI=1S/C8H10N4/c1-5-3-7(9)6(2)8(4-5)11-12-10/h3-4H,9H2,1-2H3. The number of hydrogen-bond donors (Lipinski definition) is 1. The minimum Gasteiger partial charge on any atom is -0.398 e. The molecule has 0 saturated heterocycles. The van der Waals surface area contributed by atoms with Crippen molar-refractivity contribution in [3.05, 3.63) is 33.7 Å². The molecule has 0 unspecified atom stereocenters. The van der Waals surface area contributed by atoms with Gasteiger partial charge in [0.15, 0.2) is 0 Å². The average molecular weight is 162 g/mol. The van der Waals surface area contributed by atoms with E-state index in [0.29, 0.717) is 11.4 Å². The monoisotopic (exact) mass is 162 g/mol. The molecule has 12 heavy (non-hydrogen) atoms. The molecule has 62 valence electrons. The number of azide groups is 1. The van der Waals surface area contributed by atoms with Gasteiger partial charge in [-0.2, -0.15) is 0 Å². The topological polar surface area (TPSA) is 74.8 Å². The molecule has 1 aromatic rings. The van der Waals surface area contributed by atoms with Crippen LogP contribution in [0.5, 0.6) is 0 Å². The Bertz CT molecular complexity index is 350. The largest absolute Gasteiger partial charge is 0.398 e. The number of anilines is 1. The molecule has 0 aliphatic rings. The van der Waals surface area contributed by atoms with Gasteiger partial charge in [-0.3, -0.25) is 0 Å². The summed E-state index contributed by atoms with van der Waals surface area (Å²) in [6.07, 6.45) is 0. The van der Waals surface area contributed by atoms with Gasteiger partial charge in [0.05, 0.1) is 0 Å². The van der Waals surface area contributed by atoms with Crippen molar-refractivity contribution in [3.8, 4) is 0 Å². The van der Waals surface area contributed by atoms with E-state index in [2.05, 4.69) is 10.0 Å². The van der Waals surface area contributed by atoms with Gasteiger partial charge in [0.2, 0.25) is 0 Å². The zero-order valence-electron chi connectivity index (χ0n) is 7.07. The molecule has 2 N–H and O–H groups in total. The third-order valence-electron chi connectivity index (χ3n) is 1.72. The fraction of sp³-hybridized carbons (Fsp3) is 0.250. The number of aryl methyl sites for hydroxylation is 1. The number of nitrogen functional groups attached to an aromatic ring is 1. The third kappa shape index (κ3) is 1.49. The first-order chi connectivity index (χ1) is 5.65. The first-order valence-electron chi connectivity index (χ1n) is 3.57. The Kier molecular flexibility index (Phi) is 2.21. The zero-order chi connectivity index (χ0) is 9.14. The van der Waals surface area contributed by atoms with E-state index in [1.165, 1.54) is 0 Å². The van der Waals surface area contributed by atoms with Crippen LogP contribution in [0.15, 0.2) is 17.2 Å². The Morgan fingerprint density at radius 1 is 1.42 bits per heavy atom. The van der Waals surface area contributed by atoms with Crippen LogP contribution in [0.25, 0.3) is 10.4 Å². The lowest BCUT2D eigenvalue weighted by molar-refractivity contribution is 1.34. The van der Waals surface area contributed by atoms with Crippen molar-refractivity contribution >= 4 is 11.4 Å². The van der Waals surface area contributed by atoms with E-state index in [0.717, 1.165) is 11.1 Å². The summed E-state index contributed by atoms with van der Waals surface area (Å²) >= 11 is 0. The van der Waals surface area contributed by atoms with Crippen LogP contribution in [0.3, 0.4) is 0 Å². The molecule has 1 aromatic carbocycles. The van der Waals surface area contributed by atoms with Crippen LogP contribution < -0.4 is 5.73 Å². The molecule has 0 heterocycles. The molecule has 0 saturated carbocycles. The number of nitrogens with zero attached hydrogens (tertiary/aromatic N) is 3. The first-order valence-corrected chi connectivity index (χ1v) is 3.57. The fourth-order valence-electron chi connectivity index (χ4n) is 1.02. The Morgan fingerprint density at radius 2 is 2.08 bits per heavy atom. The highest BCUT2D eigenvalue weighted by atomic mass is 15.1. The molecule has 0 aliphatic heterocycles. The van der Waals surface area contributed by atoms with E-state index in [4.69, 9.17) is 11.3 Å². The first kappa shape index (κ1) is 8.43. The molecule has 0 aliphatic carbocycles. The lowest BCUT2D eigenvalue weighted by Crippen LogP contribution is -1.90. The SMILES string of the molecule is Cc1cc(N)c(C)c(N=[N+]=[N-])c1. The van der Waals surface area contributed by atoms with E-state index in [1.54, 1.807) is 0 Å². The highest BCUT2D eigenvalue weighted by molar-refractivity contribution is 5.61. The molecule has 0 radical (unpaired) electrons. The number of hydrogen-bond acceptors (Lipinski definition) is 2. The summed E-state index contributed by atoms with van der Waals surface area (Å²) in [5.74, 6) is 0. The predicted octanol–water partition coefficient (Wildman–Crippen LogP) is 2.83. The predicted molar refractivity (Wildman–Crippen MR) is 49.1 cm³/mol. The van der Waals surface area contributed by atoms with Crippen molar-refractivity contribution in [2.45, 2.75) is 13.8 Å². The maximum absolute atomic E-state index is 8.24. The van der Waals surface area contributed by atoms with E-state index in [-0.39, 0.29) is 0 Å². The van der Waals surface area contributed by atoms with E-state index in [1.807, 2.05) is 26.0 Å². The molecule has 4 heteroatoms. The summed E-state index contributed by atoms with van der Waals surface area (Å²) in [6.45, 7) is 3.74. The van der Waals surface area contributed by atoms with Crippen LogP contribution in [0, 0.1) is 13.8 Å². The van der Waals surface area contributed by atoms with Gasteiger partial charge in [-0.05, 0) is 42.6 Å². The lowest BCUT2D eigenvalue weighted by Gasteiger charge is -2.04. The Morgan fingerprint density at radius 3 is 2.67 bits per heavy atom. The Hall–Kier alpha value is -1.67. The maximum atomic E-state index is 8.24.